The Morgan fingerprint density at radius 1 is 1.45 bits per heavy atom. The summed E-state index contributed by atoms with van der Waals surface area (Å²) >= 11 is 0. The molecule has 0 aromatic carbocycles. The van der Waals surface area contributed by atoms with Crippen LogP contribution in [0.3, 0.4) is 0 Å². The van der Waals surface area contributed by atoms with E-state index in [0.29, 0.717) is 0 Å². The van der Waals surface area contributed by atoms with Gasteiger partial charge in [-0.25, -0.2) is 0 Å². The first-order chi connectivity index (χ1) is 5.01. The smallest absolute Gasteiger partial charge is 0.0126 e. The third-order valence-electron chi connectivity index (χ3n) is 2.82. The van der Waals surface area contributed by atoms with Crippen molar-refractivity contribution in [3.63, 3.8) is 0 Å². The molecule has 0 aromatic rings. The molecule has 0 aliphatic heterocycles. The Labute approximate surface area is 69.7 Å². The van der Waals surface area contributed by atoms with Crippen LogP contribution >= 0.6 is 0 Å². The van der Waals surface area contributed by atoms with E-state index in [4.69, 9.17) is 5.73 Å². The number of rotatable bonds is 1. The summed E-state index contributed by atoms with van der Waals surface area (Å²) in [5.41, 5.74) is 7.45. The van der Waals surface area contributed by atoms with Crippen LogP contribution in [0.25, 0.3) is 0 Å². The lowest BCUT2D eigenvalue weighted by Crippen LogP contribution is -2.40. The Morgan fingerprint density at radius 3 is 2.27 bits per heavy atom. The van der Waals surface area contributed by atoms with Crippen molar-refractivity contribution in [1.29, 1.82) is 0 Å². The van der Waals surface area contributed by atoms with Gasteiger partial charge in [0.05, 0.1) is 0 Å². The Morgan fingerprint density at radius 2 is 1.91 bits per heavy atom. The molecule has 1 nitrogen and oxygen atoms in total. The van der Waals surface area contributed by atoms with Crippen LogP contribution < -0.4 is 5.73 Å². The fraction of sp³-hybridized carbons (Fsp3) is 0.800. The molecule has 0 atom stereocenters. The molecule has 0 unspecified atom stereocenters. The maximum atomic E-state index is 6.01. The molecule has 0 radical (unpaired) electrons. The summed E-state index contributed by atoms with van der Waals surface area (Å²) in [7, 11) is 0. The van der Waals surface area contributed by atoms with Crippen LogP contribution in [-0.4, -0.2) is 5.54 Å². The molecule has 1 heteroatoms. The third-order valence-corrected chi connectivity index (χ3v) is 2.82. The summed E-state index contributed by atoms with van der Waals surface area (Å²) in [6.07, 6.45) is 4.79. The van der Waals surface area contributed by atoms with Gasteiger partial charge in [0, 0.05) is 5.54 Å². The minimum atomic E-state index is 0.103. The molecule has 0 saturated heterocycles. The van der Waals surface area contributed by atoms with E-state index >= 15 is 0 Å². The topological polar surface area (TPSA) is 26.0 Å². The van der Waals surface area contributed by atoms with E-state index in [1.165, 1.54) is 18.4 Å². The van der Waals surface area contributed by atoms with Crippen molar-refractivity contribution < 1.29 is 0 Å². The van der Waals surface area contributed by atoms with Crippen LogP contribution in [-0.2, 0) is 0 Å². The Bertz CT molecular complexity index is 148. The van der Waals surface area contributed by atoms with Crippen LogP contribution in [0.1, 0.15) is 39.5 Å². The molecule has 1 aliphatic rings. The number of hydrogen-bond acceptors (Lipinski definition) is 1. The average molecular weight is 153 g/mol. The molecule has 0 spiro atoms. The largest absolute Gasteiger partial charge is 0.325 e. The van der Waals surface area contributed by atoms with Crippen molar-refractivity contribution in [2.24, 2.45) is 11.7 Å². The van der Waals surface area contributed by atoms with Crippen molar-refractivity contribution >= 4 is 0 Å². The van der Waals surface area contributed by atoms with Crippen LogP contribution in [0, 0.1) is 5.92 Å². The zero-order valence-electron chi connectivity index (χ0n) is 7.69. The predicted octanol–water partition coefficient (Wildman–Crippen LogP) is 2.47. The van der Waals surface area contributed by atoms with Gasteiger partial charge in [0.2, 0.25) is 0 Å². The Balaban J connectivity index is 2.42. The molecule has 1 fully saturated rings. The summed E-state index contributed by atoms with van der Waals surface area (Å²) in [6, 6.07) is 0. The van der Waals surface area contributed by atoms with Crippen molar-refractivity contribution in [2.45, 2.75) is 45.1 Å². The van der Waals surface area contributed by atoms with Crippen molar-refractivity contribution in [2.75, 3.05) is 0 Å². The van der Waals surface area contributed by atoms with E-state index < -0.39 is 0 Å². The molecule has 1 aliphatic carbocycles. The second-order valence-electron chi connectivity index (χ2n) is 4.27. The van der Waals surface area contributed by atoms with Crippen molar-refractivity contribution in [3.05, 3.63) is 12.2 Å². The van der Waals surface area contributed by atoms with Gasteiger partial charge in [-0.1, -0.05) is 12.2 Å². The SMILES string of the molecule is C=C(C)C1CCC(C)(N)CC1. The van der Waals surface area contributed by atoms with Gasteiger partial charge in [-0.2, -0.15) is 0 Å². The fourth-order valence-corrected chi connectivity index (χ4v) is 1.77. The molecular weight excluding hydrogens is 134 g/mol. The van der Waals surface area contributed by atoms with Gasteiger partial charge in [-0.15, -0.1) is 0 Å². The highest BCUT2D eigenvalue weighted by atomic mass is 14.7. The highest BCUT2D eigenvalue weighted by Crippen LogP contribution is 2.33. The van der Waals surface area contributed by atoms with Crippen LogP contribution in [0.5, 0.6) is 0 Å². The summed E-state index contributed by atoms with van der Waals surface area (Å²) < 4.78 is 0. The minimum absolute atomic E-state index is 0.103. The lowest BCUT2D eigenvalue weighted by atomic mass is 9.76. The average Bonchev–Trinajstić information content (AvgIpc) is 1.86. The van der Waals surface area contributed by atoms with Crippen LogP contribution in [0.4, 0.5) is 0 Å². The molecule has 11 heavy (non-hydrogen) atoms. The molecule has 1 saturated carbocycles. The first-order valence-electron chi connectivity index (χ1n) is 4.45. The molecular formula is C10H19N. The fourth-order valence-electron chi connectivity index (χ4n) is 1.77. The van der Waals surface area contributed by atoms with Crippen molar-refractivity contribution in [3.8, 4) is 0 Å². The van der Waals surface area contributed by atoms with E-state index in [9.17, 15) is 0 Å². The normalized spacial score (nSPS) is 38.6. The molecule has 0 bridgehead atoms. The molecule has 64 valence electrons. The van der Waals surface area contributed by atoms with Crippen molar-refractivity contribution in [1.82, 2.24) is 0 Å². The third kappa shape index (κ3) is 2.33. The van der Waals surface area contributed by atoms with Gasteiger partial charge < -0.3 is 5.73 Å². The van der Waals surface area contributed by atoms with Gasteiger partial charge in [-0.05, 0) is 45.4 Å². The molecule has 0 amide bonds. The maximum absolute atomic E-state index is 6.01. The highest BCUT2D eigenvalue weighted by molar-refractivity contribution is 5.00. The lowest BCUT2D eigenvalue weighted by molar-refractivity contribution is 0.274. The maximum Gasteiger partial charge on any atom is 0.0126 e. The summed E-state index contributed by atoms with van der Waals surface area (Å²) in [5, 5.41) is 0. The first kappa shape index (κ1) is 8.79. The second kappa shape index (κ2) is 2.98. The van der Waals surface area contributed by atoms with E-state index in [0.717, 1.165) is 18.8 Å². The minimum Gasteiger partial charge on any atom is -0.325 e. The van der Waals surface area contributed by atoms with E-state index in [-0.39, 0.29) is 5.54 Å². The van der Waals surface area contributed by atoms with Gasteiger partial charge in [0.25, 0.3) is 0 Å². The lowest BCUT2D eigenvalue weighted by Gasteiger charge is -2.34. The van der Waals surface area contributed by atoms with E-state index in [1.54, 1.807) is 0 Å². The first-order valence-corrected chi connectivity index (χ1v) is 4.45. The predicted molar refractivity (Wildman–Crippen MR) is 49.4 cm³/mol. The summed E-state index contributed by atoms with van der Waals surface area (Å²) in [5.74, 6) is 0.742. The van der Waals surface area contributed by atoms with Gasteiger partial charge in [0.15, 0.2) is 0 Å². The summed E-state index contributed by atoms with van der Waals surface area (Å²) in [4.78, 5) is 0. The quantitative estimate of drug-likeness (QED) is 0.575. The number of hydrogen-bond donors (Lipinski definition) is 1. The highest BCUT2D eigenvalue weighted by Gasteiger charge is 2.27. The van der Waals surface area contributed by atoms with E-state index in [2.05, 4.69) is 20.4 Å². The van der Waals surface area contributed by atoms with E-state index in [1.807, 2.05) is 0 Å². The number of allylic oxidation sites excluding steroid dienone is 1. The summed E-state index contributed by atoms with van der Waals surface area (Å²) in [6.45, 7) is 8.27. The van der Waals surface area contributed by atoms with Gasteiger partial charge >= 0.3 is 0 Å². The van der Waals surface area contributed by atoms with Crippen LogP contribution in [0.15, 0.2) is 12.2 Å². The van der Waals surface area contributed by atoms with Crippen LogP contribution in [0.2, 0.25) is 0 Å². The zero-order valence-corrected chi connectivity index (χ0v) is 7.69. The monoisotopic (exact) mass is 153 g/mol. The Kier molecular flexibility index (Phi) is 2.38. The Hall–Kier alpha value is -0.300. The molecule has 1 rings (SSSR count). The molecule has 0 aromatic heterocycles. The second-order valence-corrected chi connectivity index (χ2v) is 4.27. The molecule has 2 N–H and O–H groups in total. The zero-order chi connectivity index (χ0) is 8.48. The van der Waals surface area contributed by atoms with Gasteiger partial charge in [-0.3, -0.25) is 0 Å². The number of nitrogens with two attached hydrogens (primary N) is 1. The molecule has 0 heterocycles. The standard InChI is InChI=1S/C10H19N/c1-8(2)9-4-6-10(3,11)7-5-9/h9H,1,4-7,11H2,2-3H3. The van der Waals surface area contributed by atoms with Gasteiger partial charge in [0.1, 0.15) is 0 Å².